The van der Waals surface area contributed by atoms with Crippen LogP contribution in [-0.4, -0.2) is 47.2 Å². The van der Waals surface area contributed by atoms with Crippen LogP contribution in [0.25, 0.3) is 10.9 Å². The molecule has 0 spiro atoms. The molecular weight excluding hydrogens is 522 g/mol. The summed E-state index contributed by atoms with van der Waals surface area (Å²) in [5.74, 6) is 0.778. The lowest BCUT2D eigenvalue weighted by atomic mass is 9.77. The fourth-order valence-corrected chi connectivity index (χ4v) is 7.13. The summed E-state index contributed by atoms with van der Waals surface area (Å²) in [6, 6.07) is 13.2. The van der Waals surface area contributed by atoms with Crippen LogP contribution >= 0.6 is 12.4 Å². The van der Waals surface area contributed by atoms with Crippen LogP contribution in [0.1, 0.15) is 63.4 Å². The van der Waals surface area contributed by atoms with Gasteiger partial charge in [0.05, 0.1) is 18.4 Å². The quantitative estimate of drug-likeness (QED) is 0.273. The molecule has 0 saturated heterocycles. The van der Waals surface area contributed by atoms with Crippen LogP contribution in [0.4, 0.5) is 0 Å². The smallest absolute Gasteiger partial charge is 0.250 e. The van der Waals surface area contributed by atoms with E-state index in [1.54, 1.807) is 23.9 Å². The highest BCUT2D eigenvalue weighted by Gasteiger charge is 2.41. The van der Waals surface area contributed by atoms with Gasteiger partial charge in [0, 0.05) is 43.0 Å². The van der Waals surface area contributed by atoms with E-state index in [1.807, 2.05) is 40.8 Å². The standard InChI is InChI=1S/C29H39N3O4S.ClH/c1-31-27-13-12-26(22-25(27)11-14-28(31)33)36-21-8-4-7-20-32(37(2,34)35)29(16-5-3-6-17-29)18-15-24-10-9-19-30-23-24;/h9-14,19,22-23H,3-8,15-18,20-21H2,1-2H3;1H. The minimum Gasteiger partial charge on any atom is -0.494 e. The molecule has 0 amide bonds. The molecule has 1 saturated carbocycles. The van der Waals surface area contributed by atoms with Crippen LogP contribution in [0, 0.1) is 0 Å². The summed E-state index contributed by atoms with van der Waals surface area (Å²) in [7, 11) is -1.56. The number of halogens is 1. The predicted octanol–water partition coefficient (Wildman–Crippen LogP) is 5.50. The van der Waals surface area contributed by atoms with Crippen LogP contribution in [0.15, 0.2) is 59.7 Å². The first-order chi connectivity index (χ1) is 17.8. The molecule has 0 radical (unpaired) electrons. The zero-order chi connectivity index (χ0) is 26.3. The molecule has 0 unspecified atom stereocenters. The van der Waals surface area contributed by atoms with Gasteiger partial charge in [0.25, 0.3) is 5.56 Å². The van der Waals surface area contributed by atoms with Crippen LogP contribution in [-0.2, 0) is 23.5 Å². The summed E-state index contributed by atoms with van der Waals surface area (Å²) < 4.78 is 35.4. The summed E-state index contributed by atoms with van der Waals surface area (Å²) in [4.78, 5) is 16.0. The molecule has 3 aromatic rings. The number of ether oxygens (including phenoxy) is 1. The molecule has 1 aliphatic carbocycles. The number of sulfonamides is 1. The van der Waals surface area contributed by atoms with Crippen LogP contribution in [0.3, 0.4) is 0 Å². The molecule has 1 aromatic carbocycles. The zero-order valence-corrected chi connectivity index (χ0v) is 24.1. The second-order valence-corrected chi connectivity index (χ2v) is 12.2. The average molecular weight is 562 g/mol. The fourth-order valence-electron chi connectivity index (χ4n) is 5.69. The summed E-state index contributed by atoms with van der Waals surface area (Å²) >= 11 is 0. The third-order valence-electron chi connectivity index (χ3n) is 7.69. The highest BCUT2D eigenvalue weighted by atomic mass is 35.5. The molecular formula is C29H40ClN3O4S. The maximum atomic E-state index is 13.0. The van der Waals surface area contributed by atoms with Gasteiger partial charge in [0.1, 0.15) is 5.75 Å². The van der Waals surface area contributed by atoms with Gasteiger partial charge in [-0.25, -0.2) is 8.42 Å². The Morgan fingerprint density at radius 2 is 1.84 bits per heavy atom. The first-order valence-electron chi connectivity index (χ1n) is 13.4. The van der Waals surface area contributed by atoms with Gasteiger partial charge in [-0.3, -0.25) is 9.78 Å². The van der Waals surface area contributed by atoms with Gasteiger partial charge in [0.2, 0.25) is 10.0 Å². The molecule has 4 rings (SSSR count). The van der Waals surface area contributed by atoms with E-state index in [4.69, 9.17) is 4.74 Å². The highest BCUT2D eigenvalue weighted by Crippen LogP contribution is 2.39. The minimum absolute atomic E-state index is 0. The molecule has 208 valence electrons. The third kappa shape index (κ3) is 7.58. The molecule has 2 heterocycles. The van der Waals surface area contributed by atoms with Crippen molar-refractivity contribution in [2.45, 2.75) is 69.7 Å². The second-order valence-electron chi connectivity index (χ2n) is 10.3. The number of aryl methyl sites for hydroxylation is 2. The molecule has 0 aliphatic heterocycles. The lowest BCUT2D eigenvalue weighted by Crippen LogP contribution is -2.53. The fraction of sp³-hybridized carbons (Fsp3) is 0.517. The average Bonchev–Trinajstić information content (AvgIpc) is 2.89. The van der Waals surface area contributed by atoms with Crippen molar-refractivity contribution in [2.75, 3.05) is 19.4 Å². The molecule has 0 atom stereocenters. The molecule has 1 aliphatic rings. The monoisotopic (exact) mass is 561 g/mol. The van der Waals surface area contributed by atoms with Crippen molar-refractivity contribution in [1.82, 2.24) is 13.9 Å². The molecule has 1 fully saturated rings. The number of unbranched alkanes of at least 4 members (excludes halogenated alkanes) is 2. The Morgan fingerprint density at radius 3 is 2.55 bits per heavy atom. The Kier molecular flexibility index (Phi) is 10.8. The Labute approximate surface area is 232 Å². The second kappa shape index (κ2) is 13.6. The number of pyridine rings is 2. The maximum Gasteiger partial charge on any atom is 0.250 e. The minimum atomic E-state index is -3.33. The van der Waals surface area contributed by atoms with Gasteiger partial charge in [-0.1, -0.05) is 25.3 Å². The first kappa shape index (κ1) is 30.1. The van der Waals surface area contributed by atoms with E-state index >= 15 is 0 Å². The largest absolute Gasteiger partial charge is 0.494 e. The van der Waals surface area contributed by atoms with Crippen LogP contribution in [0.5, 0.6) is 5.75 Å². The van der Waals surface area contributed by atoms with Gasteiger partial charge in [-0.05, 0) is 80.8 Å². The SMILES string of the molecule is Cl.Cn1c(=O)ccc2cc(OCCCCCN(C3(CCc4cccnc4)CCCCC3)S(C)(=O)=O)ccc21. The molecule has 0 N–H and O–H groups in total. The molecule has 0 bridgehead atoms. The summed E-state index contributed by atoms with van der Waals surface area (Å²) in [6.45, 7) is 1.12. The number of hydrogen-bond acceptors (Lipinski definition) is 5. The molecule has 7 nitrogen and oxygen atoms in total. The molecule has 38 heavy (non-hydrogen) atoms. The number of nitrogens with zero attached hydrogens (tertiary/aromatic N) is 3. The van der Waals surface area contributed by atoms with E-state index in [0.717, 1.165) is 80.0 Å². The maximum absolute atomic E-state index is 13.0. The van der Waals surface area contributed by atoms with E-state index in [1.165, 1.54) is 12.7 Å². The summed E-state index contributed by atoms with van der Waals surface area (Å²) in [5, 5.41) is 0.965. The lowest BCUT2D eigenvalue weighted by molar-refractivity contribution is 0.116. The Morgan fingerprint density at radius 1 is 1.05 bits per heavy atom. The van der Waals surface area contributed by atoms with E-state index < -0.39 is 10.0 Å². The van der Waals surface area contributed by atoms with E-state index in [-0.39, 0.29) is 23.5 Å². The normalized spacial score (nSPS) is 15.3. The Hall–Kier alpha value is -2.42. The lowest BCUT2D eigenvalue weighted by Gasteiger charge is -2.45. The van der Waals surface area contributed by atoms with E-state index in [9.17, 15) is 13.2 Å². The van der Waals surface area contributed by atoms with Crippen molar-refractivity contribution < 1.29 is 13.2 Å². The number of aromatic nitrogens is 2. The predicted molar refractivity (Wildman–Crippen MR) is 156 cm³/mol. The van der Waals surface area contributed by atoms with Crippen molar-refractivity contribution in [1.29, 1.82) is 0 Å². The Balaban J connectivity index is 0.00000400. The van der Waals surface area contributed by atoms with Crippen LogP contribution in [0.2, 0.25) is 0 Å². The number of benzene rings is 1. The van der Waals surface area contributed by atoms with Crippen molar-refractivity contribution in [2.24, 2.45) is 7.05 Å². The van der Waals surface area contributed by atoms with Crippen molar-refractivity contribution >= 4 is 33.3 Å². The Bertz CT molecular complexity index is 1340. The zero-order valence-electron chi connectivity index (χ0n) is 22.5. The molecule has 2 aromatic heterocycles. The topological polar surface area (TPSA) is 81.5 Å². The van der Waals surface area contributed by atoms with Gasteiger partial charge in [-0.15, -0.1) is 12.4 Å². The molecule has 9 heteroatoms. The van der Waals surface area contributed by atoms with Gasteiger partial charge < -0.3 is 9.30 Å². The van der Waals surface area contributed by atoms with Gasteiger partial charge >= 0.3 is 0 Å². The van der Waals surface area contributed by atoms with Gasteiger partial charge in [-0.2, -0.15) is 4.31 Å². The number of fused-ring (bicyclic) bond motifs is 1. The van der Waals surface area contributed by atoms with Crippen molar-refractivity contribution in [3.63, 3.8) is 0 Å². The number of hydrogen-bond donors (Lipinski definition) is 0. The van der Waals surface area contributed by atoms with Crippen molar-refractivity contribution in [3.05, 3.63) is 70.8 Å². The van der Waals surface area contributed by atoms with E-state index in [2.05, 4.69) is 11.1 Å². The number of rotatable bonds is 12. The summed E-state index contributed by atoms with van der Waals surface area (Å²) in [6.07, 6.45) is 14.4. The first-order valence-corrected chi connectivity index (χ1v) is 15.2. The summed E-state index contributed by atoms with van der Waals surface area (Å²) in [5.41, 5.74) is 1.70. The van der Waals surface area contributed by atoms with E-state index in [0.29, 0.717) is 13.2 Å². The van der Waals surface area contributed by atoms with Crippen LogP contribution < -0.4 is 10.3 Å². The van der Waals surface area contributed by atoms with Crippen molar-refractivity contribution in [3.8, 4) is 5.75 Å². The highest BCUT2D eigenvalue weighted by molar-refractivity contribution is 7.88. The third-order valence-corrected chi connectivity index (χ3v) is 9.06. The van der Waals surface area contributed by atoms with Gasteiger partial charge in [0.15, 0.2) is 0 Å².